The monoisotopic (exact) mass is 277 g/mol. The highest BCUT2D eigenvalue weighted by atomic mass is 32.2. The number of aromatic nitrogens is 2. The average Bonchev–Trinajstić information content (AvgIpc) is 2.41. The first-order chi connectivity index (χ1) is 9.15. The van der Waals surface area contributed by atoms with Gasteiger partial charge in [0, 0.05) is 11.1 Å². The Kier molecular flexibility index (Phi) is 4.19. The van der Waals surface area contributed by atoms with Gasteiger partial charge in [-0.25, -0.2) is 4.79 Å². The second-order valence-electron chi connectivity index (χ2n) is 3.64. The lowest BCUT2D eigenvalue weighted by atomic mass is 10.4. The van der Waals surface area contributed by atoms with Crippen molar-refractivity contribution in [2.24, 2.45) is 0 Å². The molecule has 3 N–H and O–H groups in total. The van der Waals surface area contributed by atoms with E-state index in [4.69, 9.17) is 0 Å². The molecule has 0 saturated carbocycles. The summed E-state index contributed by atoms with van der Waals surface area (Å²) in [5, 5.41) is 2.43. The molecule has 0 saturated heterocycles. The van der Waals surface area contributed by atoms with E-state index in [1.165, 1.54) is 18.0 Å². The van der Waals surface area contributed by atoms with E-state index in [0.29, 0.717) is 0 Å². The van der Waals surface area contributed by atoms with Crippen LogP contribution in [0.5, 0.6) is 0 Å². The zero-order valence-electron chi connectivity index (χ0n) is 9.80. The molecule has 0 atom stereocenters. The quantitative estimate of drug-likeness (QED) is 0.720. The Morgan fingerprint density at radius 3 is 2.63 bits per heavy atom. The molecular weight excluding hydrogens is 266 g/mol. The van der Waals surface area contributed by atoms with E-state index < -0.39 is 11.2 Å². The first kappa shape index (κ1) is 13.2. The van der Waals surface area contributed by atoms with Crippen LogP contribution >= 0.6 is 11.8 Å². The van der Waals surface area contributed by atoms with Gasteiger partial charge in [0.05, 0.1) is 5.75 Å². The lowest BCUT2D eigenvalue weighted by Gasteiger charge is -2.03. The number of nitrogens with one attached hydrogen (secondary N) is 3. The van der Waals surface area contributed by atoms with Gasteiger partial charge in [0.1, 0.15) is 5.69 Å². The minimum atomic E-state index is -0.623. The van der Waals surface area contributed by atoms with Crippen LogP contribution in [-0.4, -0.2) is 21.6 Å². The van der Waals surface area contributed by atoms with Gasteiger partial charge in [-0.3, -0.25) is 14.6 Å². The number of amides is 1. The standard InChI is InChI=1S/C12H11N3O3S/c16-10(7-19-8-4-2-1-3-5-8)14-9-6-13-12(18)15-11(9)17/h1-6H,7H2,(H,14,16)(H2,13,15,17,18). The summed E-state index contributed by atoms with van der Waals surface area (Å²) in [6.07, 6.45) is 1.17. The molecule has 1 amide bonds. The second-order valence-corrected chi connectivity index (χ2v) is 4.68. The van der Waals surface area contributed by atoms with Crippen molar-refractivity contribution in [3.8, 4) is 0 Å². The average molecular weight is 277 g/mol. The molecule has 1 heterocycles. The van der Waals surface area contributed by atoms with Crippen LogP contribution in [0.2, 0.25) is 0 Å². The van der Waals surface area contributed by atoms with E-state index in [9.17, 15) is 14.4 Å². The number of anilines is 1. The van der Waals surface area contributed by atoms with Crippen LogP contribution in [0.4, 0.5) is 5.69 Å². The van der Waals surface area contributed by atoms with Gasteiger partial charge in [-0.2, -0.15) is 0 Å². The number of benzene rings is 1. The van der Waals surface area contributed by atoms with Crippen molar-refractivity contribution >= 4 is 23.4 Å². The molecule has 1 aromatic heterocycles. The van der Waals surface area contributed by atoms with Gasteiger partial charge in [-0.05, 0) is 12.1 Å². The predicted molar refractivity (Wildman–Crippen MR) is 73.5 cm³/mol. The summed E-state index contributed by atoms with van der Waals surface area (Å²) in [7, 11) is 0. The molecule has 0 aliphatic carbocycles. The van der Waals surface area contributed by atoms with Crippen molar-refractivity contribution in [1.82, 2.24) is 9.97 Å². The molecule has 1 aromatic carbocycles. The van der Waals surface area contributed by atoms with Crippen LogP contribution in [0.25, 0.3) is 0 Å². The Labute approximate surface area is 112 Å². The van der Waals surface area contributed by atoms with E-state index in [-0.39, 0.29) is 17.3 Å². The lowest BCUT2D eigenvalue weighted by molar-refractivity contribution is -0.113. The van der Waals surface area contributed by atoms with Gasteiger partial charge in [-0.1, -0.05) is 18.2 Å². The zero-order chi connectivity index (χ0) is 13.7. The van der Waals surface area contributed by atoms with Gasteiger partial charge < -0.3 is 10.3 Å². The van der Waals surface area contributed by atoms with Crippen molar-refractivity contribution in [2.75, 3.05) is 11.1 Å². The minimum Gasteiger partial charge on any atom is -0.320 e. The molecule has 19 heavy (non-hydrogen) atoms. The van der Waals surface area contributed by atoms with Crippen LogP contribution in [0.1, 0.15) is 0 Å². The van der Waals surface area contributed by atoms with Gasteiger partial charge in [0.25, 0.3) is 5.56 Å². The van der Waals surface area contributed by atoms with Crippen LogP contribution in [0.15, 0.2) is 51.0 Å². The topological polar surface area (TPSA) is 94.8 Å². The normalized spacial score (nSPS) is 10.1. The smallest absolute Gasteiger partial charge is 0.320 e. The number of hydrogen-bond acceptors (Lipinski definition) is 4. The van der Waals surface area contributed by atoms with Crippen molar-refractivity contribution < 1.29 is 4.79 Å². The molecule has 2 rings (SSSR count). The molecule has 0 fully saturated rings. The number of aromatic amines is 2. The highest BCUT2D eigenvalue weighted by Gasteiger charge is 2.06. The summed E-state index contributed by atoms with van der Waals surface area (Å²) in [5.74, 6) is -0.130. The van der Waals surface area contributed by atoms with Crippen LogP contribution < -0.4 is 16.6 Å². The van der Waals surface area contributed by atoms with E-state index >= 15 is 0 Å². The largest absolute Gasteiger partial charge is 0.325 e. The fourth-order valence-electron chi connectivity index (χ4n) is 1.35. The molecule has 7 heteroatoms. The number of H-pyrrole nitrogens is 2. The van der Waals surface area contributed by atoms with Crippen LogP contribution in [-0.2, 0) is 4.79 Å². The third-order valence-corrected chi connectivity index (χ3v) is 3.22. The minimum absolute atomic E-state index is 0.0262. The maximum Gasteiger partial charge on any atom is 0.325 e. The predicted octanol–water partition coefficient (Wildman–Crippen LogP) is 0.794. The molecular formula is C12H11N3O3S. The summed E-state index contributed by atoms with van der Waals surface area (Å²) in [6.45, 7) is 0. The molecule has 2 aromatic rings. The number of thioether (sulfide) groups is 1. The third-order valence-electron chi connectivity index (χ3n) is 2.21. The van der Waals surface area contributed by atoms with Crippen molar-refractivity contribution in [3.05, 3.63) is 57.4 Å². The molecule has 0 radical (unpaired) electrons. The lowest BCUT2D eigenvalue weighted by Crippen LogP contribution is -2.27. The molecule has 0 aliphatic rings. The van der Waals surface area contributed by atoms with E-state index in [2.05, 4.69) is 10.3 Å². The molecule has 0 aliphatic heterocycles. The fourth-order valence-corrected chi connectivity index (χ4v) is 2.07. The molecule has 0 bridgehead atoms. The van der Waals surface area contributed by atoms with E-state index in [0.717, 1.165) is 4.90 Å². The molecule has 0 unspecified atom stereocenters. The van der Waals surface area contributed by atoms with E-state index in [1.54, 1.807) is 0 Å². The van der Waals surface area contributed by atoms with Crippen molar-refractivity contribution in [1.29, 1.82) is 0 Å². The maximum atomic E-state index is 11.6. The maximum absolute atomic E-state index is 11.6. The van der Waals surface area contributed by atoms with E-state index in [1.807, 2.05) is 35.3 Å². The van der Waals surface area contributed by atoms with Crippen molar-refractivity contribution in [2.45, 2.75) is 4.90 Å². The molecule has 0 spiro atoms. The summed E-state index contributed by atoms with van der Waals surface area (Å²) >= 11 is 1.36. The van der Waals surface area contributed by atoms with Crippen LogP contribution in [0.3, 0.4) is 0 Å². The Morgan fingerprint density at radius 2 is 1.95 bits per heavy atom. The first-order valence-electron chi connectivity index (χ1n) is 5.45. The Balaban J connectivity index is 1.95. The summed E-state index contributed by atoms with van der Waals surface area (Å²) < 4.78 is 0. The van der Waals surface area contributed by atoms with Crippen molar-refractivity contribution in [3.63, 3.8) is 0 Å². The number of carbonyl (C=O) groups is 1. The Morgan fingerprint density at radius 1 is 1.21 bits per heavy atom. The van der Waals surface area contributed by atoms with Gasteiger partial charge in [-0.15, -0.1) is 11.8 Å². The molecule has 6 nitrogen and oxygen atoms in total. The number of hydrogen-bond donors (Lipinski definition) is 3. The number of carbonyl (C=O) groups excluding carboxylic acids is 1. The number of rotatable bonds is 4. The fraction of sp³-hybridized carbons (Fsp3) is 0.0833. The third kappa shape index (κ3) is 3.85. The zero-order valence-corrected chi connectivity index (χ0v) is 10.6. The summed E-state index contributed by atoms with van der Waals surface area (Å²) in [5.41, 5.74) is -1.21. The van der Waals surface area contributed by atoms with Gasteiger partial charge in [0.2, 0.25) is 5.91 Å². The SMILES string of the molecule is O=C(CSc1ccccc1)Nc1c[nH]c(=O)[nH]c1=O. The first-order valence-corrected chi connectivity index (χ1v) is 6.43. The summed E-state index contributed by atoms with van der Waals surface area (Å²) in [4.78, 5) is 39.1. The highest BCUT2D eigenvalue weighted by Crippen LogP contribution is 2.16. The van der Waals surface area contributed by atoms with Gasteiger partial charge in [0.15, 0.2) is 0 Å². The summed E-state index contributed by atoms with van der Waals surface area (Å²) in [6, 6.07) is 9.44. The van der Waals surface area contributed by atoms with Crippen LogP contribution in [0, 0.1) is 0 Å². The second kappa shape index (κ2) is 6.05. The van der Waals surface area contributed by atoms with Gasteiger partial charge >= 0.3 is 5.69 Å². The molecule has 98 valence electrons. The Hall–Kier alpha value is -2.28. The highest BCUT2D eigenvalue weighted by molar-refractivity contribution is 8.00. The Bertz CT molecular complexity index is 678.